The summed E-state index contributed by atoms with van der Waals surface area (Å²) in [6.45, 7) is 8.12. The van der Waals surface area contributed by atoms with Crippen molar-refractivity contribution < 1.29 is 4.79 Å². The van der Waals surface area contributed by atoms with Gasteiger partial charge in [0, 0.05) is 43.8 Å². The van der Waals surface area contributed by atoms with E-state index in [1.807, 2.05) is 28.7 Å². The second kappa shape index (κ2) is 8.02. The smallest absolute Gasteiger partial charge is 0.263 e. The Labute approximate surface area is 181 Å². The molecule has 2 fully saturated rings. The summed E-state index contributed by atoms with van der Waals surface area (Å²) >= 11 is 1.53. The van der Waals surface area contributed by atoms with Crippen LogP contribution in [0.1, 0.15) is 66.9 Å². The molecule has 0 bridgehead atoms. The van der Waals surface area contributed by atoms with E-state index in [9.17, 15) is 4.79 Å². The van der Waals surface area contributed by atoms with E-state index in [1.54, 1.807) is 0 Å². The maximum Gasteiger partial charge on any atom is 0.263 e. The molecule has 2 saturated heterocycles. The summed E-state index contributed by atoms with van der Waals surface area (Å²) in [7, 11) is 0. The Hall–Kier alpha value is -2.41. The third kappa shape index (κ3) is 3.49. The highest BCUT2D eigenvalue weighted by atomic mass is 32.1. The number of hydrogen-bond acceptors (Lipinski definition) is 5. The van der Waals surface area contributed by atoms with E-state index in [0.29, 0.717) is 12.0 Å². The fourth-order valence-electron chi connectivity index (χ4n) is 4.74. The highest BCUT2D eigenvalue weighted by molar-refractivity contribution is 7.12. The lowest BCUT2D eigenvalue weighted by molar-refractivity contribution is 0.0717. The van der Waals surface area contributed by atoms with E-state index in [4.69, 9.17) is 9.97 Å². The first-order valence-electron chi connectivity index (χ1n) is 11.1. The van der Waals surface area contributed by atoms with Gasteiger partial charge in [0.05, 0.1) is 16.7 Å². The molecule has 0 aliphatic carbocycles. The predicted molar refractivity (Wildman–Crippen MR) is 122 cm³/mol. The molecule has 5 rings (SSSR count). The van der Waals surface area contributed by atoms with Crippen LogP contribution in [0.4, 0.5) is 5.82 Å². The fourth-order valence-corrected chi connectivity index (χ4v) is 5.43. The number of hydrogen-bond donors (Lipinski definition) is 0. The van der Waals surface area contributed by atoms with Crippen LogP contribution in [-0.4, -0.2) is 51.5 Å². The van der Waals surface area contributed by atoms with Crippen LogP contribution in [0.3, 0.4) is 0 Å². The Morgan fingerprint density at radius 3 is 2.60 bits per heavy atom. The predicted octanol–water partition coefficient (Wildman–Crippen LogP) is 4.69. The van der Waals surface area contributed by atoms with Crippen LogP contribution in [0.15, 0.2) is 29.9 Å². The fraction of sp³-hybridized carbons (Fsp3) is 0.522. The van der Waals surface area contributed by atoms with Gasteiger partial charge >= 0.3 is 0 Å². The molecule has 5 heterocycles. The quantitative estimate of drug-likeness (QED) is 0.611. The van der Waals surface area contributed by atoms with Gasteiger partial charge in [-0.3, -0.25) is 4.79 Å². The number of carbonyl (C=O) groups is 1. The summed E-state index contributed by atoms with van der Waals surface area (Å²) in [6, 6.07) is 6.48. The van der Waals surface area contributed by atoms with E-state index in [0.717, 1.165) is 60.9 Å². The van der Waals surface area contributed by atoms with Crippen molar-refractivity contribution in [2.24, 2.45) is 0 Å². The molecule has 30 heavy (non-hydrogen) atoms. The summed E-state index contributed by atoms with van der Waals surface area (Å²) in [4.78, 5) is 27.8. The standard InChI is InChI=1S/C23H29N5OS/c1-16(2)28-15-24-21-19(28)14-18(25-22(21)26-9-3-4-10-26)17-7-11-27(12-8-17)23(29)20-6-5-13-30-20/h5-6,13-17H,3-4,7-12H2,1-2H3. The molecule has 0 saturated carbocycles. The number of anilines is 1. The zero-order valence-electron chi connectivity index (χ0n) is 17.8. The molecule has 1 amide bonds. The number of nitrogens with zero attached hydrogens (tertiary/aromatic N) is 5. The zero-order chi connectivity index (χ0) is 20.7. The molecule has 2 aliphatic heterocycles. The average molecular weight is 424 g/mol. The molecule has 0 aromatic carbocycles. The second-order valence-corrected chi connectivity index (χ2v) is 9.67. The van der Waals surface area contributed by atoms with E-state index >= 15 is 0 Å². The molecule has 3 aromatic heterocycles. The average Bonchev–Trinajstić information content (AvgIpc) is 3.54. The Morgan fingerprint density at radius 2 is 1.93 bits per heavy atom. The molecular formula is C23H29N5OS. The summed E-state index contributed by atoms with van der Waals surface area (Å²) in [5.41, 5.74) is 3.38. The number of aromatic nitrogens is 3. The molecule has 158 valence electrons. The highest BCUT2D eigenvalue weighted by Crippen LogP contribution is 2.34. The minimum atomic E-state index is 0.169. The lowest BCUT2D eigenvalue weighted by Crippen LogP contribution is -2.37. The Balaban J connectivity index is 1.43. The zero-order valence-corrected chi connectivity index (χ0v) is 18.6. The van der Waals surface area contributed by atoms with Gasteiger partial charge in [-0.1, -0.05) is 6.07 Å². The third-order valence-electron chi connectivity index (χ3n) is 6.46. The van der Waals surface area contributed by atoms with Gasteiger partial charge in [0.1, 0.15) is 5.52 Å². The number of carbonyl (C=O) groups excluding carboxylic acids is 1. The minimum Gasteiger partial charge on any atom is -0.355 e. The van der Waals surface area contributed by atoms with E-state index < -0.39 is 0 Å². The molecule has 0 unspecified atom stereocenters. The number of imidazole rings is 1. The number of fused-ring (bicyclic) bond motifs is 1. The lowest BCUT2D eigenvalue weighted by atomic mass is 9.92. The number of likely N-dealkylation sites (tertiary alicyclic amines) is 1. The maximum atomic E-state index is 12.7. The van der Waals surface area contributed by atoms with Gasteiger partial charge in [0.15, 0.2) is 5.82 Å². The normalized spacial score (nSPS) is 18.1. The third-order valence-corrected chi connectivity index (χ3v) is 7.32. The molecular weight excluding hydrogens is 394 g/mol. The van der Waals surface area contributed by atoms with Gasteiger partial charge in [-0.15, -0.1) is 11.3 Å². The van der Waals surface area contributed by atoms with Crippen LogP contribution < -0.4 is 4.90 Å². The first kappa shape index (κ1) is 19.5. The van der Waals surface area contributed by atoms with Gasteiger partial charge in [0.25, 0.3) is 5.91 Å². The van der Waals surface area contributed by atoms with Crippen molar-refractivity contribution in [2.45, 2.75) is 51.5 Å². The maximum absolute atomic E-state index is 12.7. The largest absolute Gasteiger partial charge is 0.355 e. The molecule has 3 aromatic rings. The number of pyridine rings is 1. The van der Waals surface area contributed by atoms with E-state index in [2.05, 4.69) is 29.4 Å². The summed E-state index contributed by atoms with van der Waals surface area (Å²) in [6.07, 6.45) is 6.33. The molecule has 7 heteroatoms. The Morgan fingerprint density at radius 1 is 1.17 bits per heavy atom. The van der Waals surface area contributed by atoms with Crippen molar-refractivity contribution >= 4 is 34.1 Å². The SMILES string of the molecule is CC(C)n1cnc2c(N3CCCC3)nc(C3CCN(C(=O)c4cccs4)CC3)cc21. The van der Waals surface area contributed by atoms with Crippen molar-refractivity contribution in [2.75, 3.05) is 31.1 Å². The van der Waals surface area contributed by atoms with E-state index in [-0.39, 0.29) is 5.91 Å². The van der Waals surface area contributed by atoms with Crippen molar-refractivity contribution in [1.29, 1.82) is 0 Å². The minimum absolute atomic E-state index is 0.169. The van der Waals surface area contributed by atoms with Crippen LogP contribution >= 0.6 is 11.3 Å². The summed E-state index contributed by atoms with van der Waals surface area (Å²) in [5, 5.41) is 1.97. The van der Waals surface area contributed by atoms with Crippen molar-refractivity contribution in [3.63, 3.8) is 0 Å². The van der Waals surface area contributed by atoms with Gasteiger partial charge in [-0.05, 0) is 57.0 Å². The number of amides is 1. The second-order valence-electron chi connectivity index (χ2n) is 8.72. The number of thiophene rings is 1. The van der Waals surface area contributed by atoms with Crippen LogP contribution in [0.2, 0.25) is 0 Å². The monoisotopic (exact) mass is 423 g/mol. The van der Waals surface area contributed by atoms with Crippen LogP contribution in [0, 0.1) is 0 Å². The topological polar surface area (TPSA) is 54.3 Å². The summed E-state index contributed by atoms with van der Waals surface area (Å²) in [5.74, 6) is 1.61. The van der Waals surface area contributed by atoms with Crippen molar-refractivity contribution in [3.8, 4) is 0 Å². The van der Waals surface area contributed by atoms with E-state index in [1.165, 1.54) is 29.7 Å². The highest BCUT2D eigenvalue weighted by Gasteiger charge is 2.28. The van der Waals surface area contributed by atoms with Gasteiger partial charge < -0.3 is 14.4 Å². The molecule has 2 aliphatic rings. The van der Waals surface area contributed by atoms with Crippen LogP contribution in [0.25, 0.3) is 11.0 Å². The number of rotatable bonds is 4. The van der Waals surface area contributed by atoms with Gasteiger partial charge in [-0.2, -0.15) is 0 Å². The molecule has 0 atom stereocenters. The van der Waals surface area contributed by atoms with Gasteiger partial charge in [-0.25, -0.2) is 9.97 Å². The summed E-state index contributed by atoms with van der Waals surface area (Å²) < 4.78 is 2.26. The van der Waals surface area contributed by atoms with Crippen LogP contribution in [0.5, 0.6) is 0 Å². The first-order chi connectivity index (χ1) is 14.6. The molecule has 0 N–H and O–H groups in total. The molecule has 6 nitrogen and oxygen atoms in total. The van der Waals surface area contributed by atoms with Crippen molar-refractivity contribution in [1.82, 2.24) is 19.4 Å². The first-order valence-corrected chi connectivity index (χ1v) is 11.9. The number of piperidine rings is 1. The molecule has 0 radical (unpaired) electrons. The van der Waals surface area contributed by atoms with Gasteiger partial charge in [0.2, 0.25) is 0 Å². The Bertz CT molecular complexity index is 1030. The van der Waals surface area contributed by atoms with Crippen molar-refractivity contribution in [3.05, 3.63) is 40.5 Å². The van der Waals surface area contributed by atoms with Crippen LogP contribution in [-0.2, 0) is 0 Å². The Kier molecular flexibility index (Phi) is 5.23. The lowest BCUT2D eigenvalue weighted by Gasteiger charge is -2.32. The molecule has 0 spiro atoms.